The lowest BCUT2D eigenvalue weighted by Crippen LogP contribution is -2.26. The Kier molecular flexibility index (Phi) is 3.43. The second kappa shape index (κ2) is 4.82. The SMILES string of the molecule is CCCN(c1nc(C(=O)OC)cs1)C1CC1. The molecule has 0 aromatic carbocycles. The lowest BCUT2D eigenvalue weighted by molar-refractivity contribution is 0.0595. The molecule has 0 aliphatic heterocycles. The molecule has 0 atom stereocenters. The number of aromatic nitrogens is 1. The molecule has 16 heavy (non-hydrogen) atoms. The summed E-state index contributed by atoms with van der Waals surface area (Å²) in [6, 6.07) is 0.636. The topological polar surface area (TPSA) is 42.4 Å². The Morgan fingerprint density at radius 3 is 3.00 bits per heavy atom. The van der Waals surface area contributed by atoms with Crippen LogP contribution in [-0.2, 0) is 4.74 Å². The number of thiazole rings is 1. The van der Waals surface area contributed by atoms with Crippen molar-refractivity contribution < 1.29 is 9.53 Å². The van der Waals surface area contributed by atoms with Gasteiger partial charge in [-0.15, -0.1) is 11.3 Å². The number of carbonyl (C=O) groups is 1. The van der Waals surface area contributed by atoms with E-state index in [1.165, 1.54) is 31.3 Å². The molecule has 2 rings (SSSR count). The van der Waals surface area contributed by atoms with Gasteiger partial charge in [0.25, 0.3) is 0 Å². The van der Waals surface area contributed by atoms with Gasteiger partial charge in [-0.2, -0.15) is 0 Å². The summed E-state index contributed by atoms with van der Waals surface area (Å²) < 4.78 is 4.65. The third kappa shape index (κ3) is 2.35. The zero-order valence-corrected chi connectivity index (χ0v) is 10.4. The molecule has 1 fully saturated rings. The van der Waals surface area contributed by atoms with Gasteiger partial charge in [0, 0.05) is 18.0 Å². The molecule has 1 aromatic rings. The van der Waals surface area contributed by atoms with Gasteiger partial charge in [-0.1, -0.05) is 6.92 Å². The number of carbonyl (C=O) groups excluding carboxylic acids is 1. The van der Waals surface area contributed by atoms with Crippen LogP contribution in [0, 0.1) is 0 Å². The van der Waals surface area contributed by atoms with Gasteiger partial charge in [-0.05, 0) is 19.3 Å². The number of hydrogen-bond donors (Lipinski definition) is 0. The molecule has 1 aromatic heterocycles. The molecule has 4 nitrogen and oxygen atoms in total. The molecule has 5 heteroatoms. The number of rotatable bonds is 5. The molecule has 88 valence electrons. The summed E-state index contributed by atoms with van der Waals surface area (Å²) >= 11 is 1.52. The lowest BCUT2D eigenvalue weighted by Gasteiger charge is -2.20. The molecule has 0 spiro atoms. The predicted molar refractivity (Wildman–Crippen MR) is 64.1 cm³/mol. The third-order valence-electron chi connectivity index (χ3n) is 2.58. The van der Waals surface area contributed by atoms with E-state index in [0.29, 0.717) is 11.7 Å². The van der Waals surface area contributed by atoms with Crippen molar-refractivity contribution in [2.75, 3.05) is 18.6 Å². The molecular weight excluding hydrogens is 224 g/mol. The summed E-state index contributed by atoms with van der Waals surface area (Å²) in [5, 5.41) is 2.72. The van der Waals surface area contributed by atoms with Gasteiger partial charge in [0.2, 0.25) is 0 Å². The standard InChI is InChI=1S/C11H16N2O2S/c1-3-6-13(8-4-5-8)11-12-9(7-16-11)10(14)15-2/h7-8H,3-6H2,1-2H3. The van der Waals surface area contributed by atoms with Crippen molar-refractivity contribution in [3.05, 3.63) is 11.1 Å². The van der Waals surface area contributed by atoms with Gasteiger partial charge in [0.1, 0.15) is 0 Å². The first-order chi connectivity index (χ1) is 7.76. The molecule has 0 bridgehead atoms. The van der Waals surface area contributed by atoms with E-state index in [4.69, 9.17) is 0 Å². The van der Waals surface area contributed by atoms with Crippen LogP contribution < -0.4 is 4.90 Å². The minimum atomic E-state index is -0.352. The van der Waals surface area contributed by atoms with Crippen molar-refractivity contribution in [3.8, 4) is 0 Å². The summed E-state index contributed by atoms with van der Waals surface area (Å²) in [6.07, 6.45) is 3.59. The average Bonchev–Trinajstić information content (AvgIpc) is 3.02. The molecule has 0 saturated heterocycles. The quantitative estimate of drug-likeness (QED) is 0.741. The normalized spacial score (nSPS) is 14.9. The van der Waals surface area contributed by atoms with Crippen LogP contribution in [0.4, 0.5) is 5.13 Å². The second-order valence-corrected chi connectivity index (χ2v) is 4.77. The Morgan fingerprint density at radius 1 is 1.69 bits per heavy atom. The number of nitrogens with zero attached hydrogens (tertiary/aromatic N) is 2. The molecule has 0 radical (unpaired) electrons. The van der Waals surface area contributed by atoms with Crippen LogP contribution in [-0.4, -0.2) is 30.6 Å². The van der Waals surface area contributed by atoms with E-state index in [9.17, 15) is 4.79 Å². The first kappa shape index (κ1) is 11.4. The van der Waals surface area contributed by atoms with Crippen LogP contribution in [0.15, 0.2) is 5.38 Å². The molecule has 0 N–H and O–H groups in total. The Balaban J connectivity index is 2.12. The summed E-state index contributed by atoms with van der Waals surface area (Å²) in [6.45, 7) is 3.17. The van der Waals surface area contributed by atoms with E-state index in [-0.39, 0.29) is 5.97 Å². The van der Waals surface area contributed by atoms with Gasteiger partial charge in [-0.25, -0.2) is 9.78 Å². The van der Waals surface area contributed by atoms with E-state index in [0.717, 1.165) is 18.1 Å². The summed E-state index contributed by atoms with van der Waals surface area (Å²) in [7, 11) is 1.38. The highest BCUT2D eigenvalue weighted by atomic mass is 32.1. The maximum atomic E-state index is 11.3. The fourth-order valence-corrected chi connectivity index (χ4v) is 2.55. The van der Waals surface area contributed by atoms with E-state index in [1.807, 2.05) is 0 Å². The van der Waals surface area contributed by atoms with Gasteiger partial charge in [0.05, 0.1) is 7.11 Å². The van der Waals surface area contributed by atoms with Crippen molar-refractivity contribution in [2.45, 2.75) is 32.2 Å². The molecule has 0 unspecified atom stereocenters. The fraction of sp³-hybridized carbons (Fsp3) is 0.636. The first-order valence-corrected chi connectivity index (χ1v) is 6.44. The highest BCUT2D eigenvalue weighted by Crippen LogP contribution is 2.33. The van der Waals surface area contributed by atoms with Crippen LogP contribution >= 0.6 is 11.3 Å². The molecule has 0 amide bonds. The maximum Gasteiger partial charge on any atom is 0.357 e. The third-order valence-corrected chi connectivity index (χ3v) is 3.46. The fourth-order valence-electron chi connectivity index (χ4n) is 1.66. The Morgan fingerprint density at radius 2 is 2.44 bits per heavy atom. The molecule has 1 aliphatic carbocycles. The Hall–Kier alpha value is -1.10. The predicted octanol–water partition coefficient (Wildman–Crippen LogP) is 2.31. The first-order valence-electron chi connectivity index (χ1n) is 5.56. The summed E-state index contributed by atoms with van der Waals surface area (Å²) in [4.78, 5) is 17.9. The van der Waals surface area contributed by atoms with E-state index in [1.54, 1.807) is 5.38 Å². The largest absolute Gasteiger partial charge is 0.464 e. The van der Waals surface area contributed by atoms with Crippen LogP contribution in [0.25, 0.3) is 0 Å². The molecule has 1 heterocycles. The maximum absolute atomic E-state index is 11.3. The highest BCUT2D eigenvalue weighted by Gasteiger charge is 2.30. The van der Waals surface area contributed by atoms with Gasteiger partial charge < -0.3 is 9.64 Å². The highest BCUT2D eigenvalue weighted by molar-refractivity contribution is 7.13. The zero-order chi connectivity index (χ0) is 11.5. The average molecular weight is 240 g/mol. The molecular formula is C11H16N2O2S. The van der Waals surface area contributed by atoms with E-state index < -0.39 is 0 Å². The van der Waals surface area contributed by atoms with Crippen LogP contribution in [0.3, 0.4) is 0 Å². The summed E-state index contributed by atoms with van der Waals surface area (Å²) in [5.41, 5.74) is 0.421. The minimum Gasteiger partial charge on any atom is -0.464 e. The van der Waals surface area contributed by atoms with Crippen molar-refractivity contribution in [1.29, 1.82) is 0 Å². The van der Waals surface area contributed by atoms with Crippen molar-refractivity contribution in [3.63, 3.8) is 0 Å². The molecule has 1 aliphatic rings. The molecule has 1 saturated carbocycles. The van der Waals surface area contributed by atoms with Crippen LogP contribution in [0.5, 0.6) is 0 Å². The van der Waals surface area contributed by atoms with Crippen molar-refractivity contribution in [1.82, 2.24) is 4.98 Å². The van der Waals surface area contributed by atoms with Gasteiger partial charge >= 0.3 is 5.97 Å². The van der Waals surface area contributed by atoms with Gasteiger partial charge in [-0.3, -0.25) is 0 Å². The van der Waals surface area contributed by atoms with Crippen LogP contribution in [0.2, 0.25) is 0 Å². The van der Waals surface area contributed by atoms with Gasteiger partial charge in [0.15, 0.2) is 10.8 Å². The smallest absolute Gasteiger partial charge is 0.357 e. The second-order valence-electron chi connectivity index (χ2n) is 3.93. The zero-order valence-electron chi connectivity index (χ0n) is 9.60. The van der Waals surface area contributed by atoms with Crippen LogP contribution in [0.1, 0.15) is 36.7 Å². The monoisotopic (exact) mass is 240 g/mol. The number of ether oxygens (including phenoxy) is 1. The van der Waals surface area contributed by atoms with E-state index >= 15 is 0 Å². The number of anilines is 1. The van der Waals surface area contributed by atoms with Crippen molar-refractivity contribution >= 4 is 22.4 Å². The number of hydrogen-bond acceptors (Lipinski definition) is 5. The summed E-state index contributed by atoms with van der Waals surface area (Å²) in [5.74, 6) is -0.352. The van der Waals surface area contributed by atoms with E-state index in [2.05, 4.69) is 21.5 Å². The lowest BCUT2D eigenvalue weighted by atomic mass is 10.4. The Labute approximate surface area is 99.2 Å². The minimum absolute atomic E-state index is 0.352. The Bertz CT molecular complexity index is 374. The number of esters is 1. The number of methoxy groups -OCH3 is 1. The van der Waals surface area contributed by atoms with Crippen molar-refractivity contribution in [2.24, 2.45) is 0 Å².